The van der Waals surface area contributed by atoms with Gasteiger partial charge in [0.1, 0.15) is 0 Å². The quantitative estimate of drug-likeness (QED) is 0.592. The molecule has 1 unspecified atom stereocenters. The number of hydrogen-bond acceptors (Lipinski definition) is 2. The Kier molecular flexibility index (Phi) is 7.25. The van der Waals surface area contributed by atoms with Gasteiger partial charge in [-0.3, -0.25) is 0 Å². The molecule has 1 atom stereocenters. The van der Waals surface area contributed by atoms with Crippen molar-refractivity contribution in [2.24, 2.45) is 0 Å². The van der Waals surface area contributed by atoms with Crippen molar-refractivity contribution in [3.8, 4) is 0 Å². The number of nitrogens with one attached hydrogen (secondary N) is 1. The number of rotatable bonds is 11. The monoisotopic (exact) mass is 289 g/mol. The van der Waals surface area contributed by atoms with Gasteiger partial charge in [0.05, 0.1) is 6.10 Å². The first-order valence-electron chi connectivity index (χ1n) is 8.71. The summed E-state index contributed by atoms with van der Waals surface area (Å²) in [6.45, 7) is 6.22. The second-order valence-corrected chi connectivity index (χ2v) is 6.37. The van der Waals surface area contributed by atoms with Crippen molar-refractivity contribution in [2.45, 2.75) is 70.9 Å². The van der Waals surface area contributed by atoms with Crippen LogP contribution in [0.5, 0.6) is 0 Å². The van der Waals surface area contributed by atoms with Gasteiger partial charge in [0, 0.05) is 19.2 Å². The first kappa shape index (κ1) is 16.5. The van der Waals surface area contributed by atoms with Gasteiger partial charge in [0.2, 0.25) is 0 Å². The molecule has 2 rings (SSSR count). The maximum absolute atomic E-state index is 6.16. The molecule has 0 amide bonds. The van der Waals surface area contributed by atoms with E-state index in [1.165, 1.54) is 56.1 Å². The summed E-state index contributed by atoms with van der Waals surface area (Å²) < 4.78 is 6.16. The standard InChI is InChI=1S/C19H31NO/c1-3-4-5-6-7-14-21-19(15-20-18-12-13-18)17-10-8-16(2)9-11-17/h8-11,18-20H,3-7,12-15H2,1-2H3. The first-order chi connectivity index (χ1) is 10.3. The van der Waals surface area contributed by atoms with E-state index in [4.69, 9.17) is 4.74 Å². The highest BCUT2D eigenvalue weighted by Gasteiger charge is 2.22. The van der Waals surface area contributed by atoms with Crippen LogP contribution in [0.15, 0.2) is 24.3 Å². The van der Waals surface area contributed by atoms with Gasteiger partial charge in [-0.1, -0.05) is 62.4 Å². The summed E-state index contributed by atoms with van der Waals surface area (Å²) in [6, 6.07) is 9.54. The Morgan fingerprint density at radius 3 is 2.48 bits per heavy atom. The maximum atomic E-state index is 6.16. The summed E-state index contributed by atoms with van der Waals surface area (Å²) in [4.78, 5) is 0. The zero-order valence-corrected chi connectivity index (χ0v) is 13.7. The van der Waals surface area contributed by atoms with E-state index >= 15 is 0 Å². The number of unbranched alkanes of at least 4 members (excludes halogenated alkanes) is 4. The van der Waals surface area contributed by atoms with E-state index in [0.717, 1.165) is 19.2 Å². The zero-order chi connectivity index (χ0) is 14.9. The highest BCUT2D eigenvalue weighted by atomic mass is 16.5. The Morgan fingerprint density at radius 2 is 1.81 bits per heavy atom. The Hall–Kier alpha value is -0.860. The molecule has 1 aliphatic carbocycles. The van der Waals surface area contributed by atoms with Crippen molar-refractivity contribution >= 4 is 0 Å². The average molecular weight is 289 g/mol. The van der Waals surface area contributed by atoms with Crippen molar-refractivity contribution < 1.29 is 4.74 Å². The predicted octanol–water partition coefficient (Wildman–Crippen LogP) is 4.78. The molecule has 118 valence electrons. The SMILES string of the molecule is CCCCCCCOC(CNC1CC1)c1ccc(C)cc1. The number of benzene rings is 1. The van der Waals surface area contributed by atoms with Crippen LogP contribution in [0.2, 0.25) is 0 Å². The van der Waals surface area contributed by atoms with Crippen LogP contribution >= 0.6 is 0 Å². The highest BCUT2D eigenvalue weighted by Crippen LogP contribution is 2.22. The molecule has 21 heavy (non-hydrogen) atoms. The Labute approximate surface area is 130 Å². The van der Waals surface area contributed by atoms with E-state index in [1.807, 2.05) is 0 Å². The van der Waals surface area contributed by atoms with Gasteiger partial charge in [-0.2, -0.15) is 0 Å². The maximum Gasteiger partial charge on any atom is 0.0949 e. The third-order valence-corrected chi connectivity index (χ3v) is 4.19. The third kappa shape index (κ3) is 6.62. The Morgan fingerprint density at radius 1 is 1.10 bits per heavy atom. The van der Waals surface area contributed by atoms with E-state index in [0.29, 0.717) is 0 Å². The van der Waals surface area contributed by atoms with Crippen LogP contribution in [-0.2, 0) is 4.74 Å². The molecule has 0 aliphatic heterocycles. The third-order valence-electron chi connectivity index (χ3n) is 4.19. The molecule has 2 heteroatoms. The molecule has 1 fully saturated rings. The molecule has 1 aromatic carbocycles. The Bertz CT molecular complexity index is 383. The number of hydrogen-bond donors (Lipinski definition) is 1. The van der Waals surface area contributed by atoms with Crippen molar-refractivity contribution in [1.82, 2.24) is 5.32 Å². The fraction of sp³-hybridized carbons (Fsp3) is 0.684. The molecule has 1 aromatic rings. The van der Waals surface area contributed by atoms with E-state index in [9.17, 15) is 0 Å². The predicted molar refractivity (Wildman–Crippen MR) is 89.7 cm³/mol. The van der Waals surface area contributed by atoms with Crippen LogP contribution in [-0.4, -0.2) is 19.2 Å². The molecule has 0 bridgehead atoms. The fourth-order valence-corrected chi connectivity index (χ4v) is 2.55. The molecular weight excluding hydrogens is 258 g/mol. The molecule has 1 aliphatic rings. The van der Waals surface area contributed by atoms with Crippen LogP contribution in [0.3, 0.4) is 0 Å². The molecule has 2 nitrogen and oxygen atoms in total. The van der Waals surface area contributed by atoms with E-state index < -0.39 is 0 Å². The molecule has 0 spiro atoms. The lowest BCUT2D eigenvalue weighted by Gasteiger charge is -2.19. The van der Waals surface area contributed by atoms with Crippen LogP contribution in [0.1, 0.15) is 69.1 Å². The molecule has 1 N–H and O–H groups in total. The Balaban J connectivity index is 1.75. The fourth-order valence-electron chi connectivity index (χ4n) is 2.55. The lowest BCUT2D eigenvalue weighted by atomic mass is 10.1. The summed E-state index contributed by atoms with van der Waals surface area (Å²) in [5.41, 5.74) is 2.62. The van der Waals surface area contributed by atoms with E-state index in [-0.39, 0.29) is 6.10 Å². The molecule has 0 radical (unpaired) electrons. The van der Waals surface area contributed by atoms with E-state index in [1.54, 1.807) is 0 Å². The van der Waals surface area contributed by atoms with Crippen molar-refractivity contribution in [2.75, 3.05) is 13.2 Å². The highest BCUT2D eigenvalue weighted by molar-refractivity contribution is 5.23. The van der Waals surface area contributed by atoms with Gasteiger partial charge in [0.15, 0.2) is 0 Å². The van der Waals surface area contributed by atoms with Crippen LogP contribution in [0, 0.1) is 6.92 Å². The number of ether oxygens (including phenoxy) is 1. The van der Waals surface area contributed by atoms with Crippen molar-refractivity contribution in [1.29, 1.82) is 0 Å². The second-order valence-electron chi connectivity index (χ2n) is 6.37. The minimum absolute atomic E-state index is 0.206. The van der Waals surface area contributed by atoms with Gasteiger partial charge in [-0.05, 0) is 31.7 Å². The first-order valence-corrected chi connectivity index (χ1v) is 8.71. The van der Waals surface area contributed by atoms with Crippen molar-refractivity contribution in [3.05, 3.63) is 35.4 Å². The minimum Gasteiger partial charge on any atom is -0.372 e. The summed E-state index contributed by atoms with van der Waals surface area (Å²) in [7, 11) is 0. The molecule has 0 saturated heterocycles. The largest absolute Gasteiger partial charge is 0.372 e. The topological polar surface area (TPSA) is 21.3 Å². The van der Waals surface area contributed by atoms with Crippen LogP contribution in [0.25, 0.3) is 0 Å². The lowest BCUT2D eigenvalue weighted by molar-refractivity contribution is 0.0495. The lowest BCUT2D eigenvalue weighted by Crippen LogP contribution is -2.25. The zero-order valence-electron chi connectivity index (χ0n) is 13.7. The van der Waals surface area contributed by atoms with Gasteiger partial charge in [0.25, 0.3) is 0 Å². The van der Waals surface area contributed by atoms with Crippen LogP contribution < -0.4 is 5.32 Å². The average Bonchev–Trinajstić information content (AvgIpc) is 3.31. The van der Waals surface area contributed by atoms with Gasteiger partial charge in [-0.15, -0.1) is 0 Å². The normalized spacial score (nSPS) is 16.1. The molecule has 0 aromatic heterocycles. The summed E-state index contributed by atoms with van der Waals surface area (Å²) in [5.74, 6) is 0. The van der Waals surface area contributed by atoms with E-state index in [2.05, 4.69) is 43.4 Å². The van der Waals surface area contributed by atoms with Crippen molar-refractivity contribution in [3.63, 3.8) is 0 Å². The van der Waals surface area contributed by atoms with Gasteiger partial charge >= 0.3 is 0 Å². The van der Waals surface area contributed by atoms with Gasteiger partial charge < -0.3 is 10.1 Å². The summed E-state index contributed by atoms with van der Waals surface area (Å²) in [5, 5.41) is 3.61. The summed E-state index contributed by atoms with van der Waals surface area (Å²) in [6.07, 6.45) is 9.35. The minimum atomic E-state index is 0.206. The number of aryl methyl sites for hydroxylation is 1. The molecular formula is C19H31NO. The second kappa shape index (κ2) is 9.22. The smallest absolute Gasteiger partial charge is 0.0949 e. The van der Waals surface area contributed by atoms with Crippen LogP contribution in [0.4, 0.5) is 0 Å². The molecule has 1 saturated carbocycles. The molecule has 0 heterocycles. The summed E-state index contributed by atoms with van der Waals surface area (Å²) >= 11 is 0. The van der Waals surface area contributed by atoms with Gasteiger partial charge in [-0.25, -0.2) is 0 Å².